The van der Waals surface area contributed by atoms with E-state index in [1.807, 2.05) is 0 Å². The fourth-order valence-electron chi connectivity index (χ4n) is 2.53. The number of nitrogens with one attached hydrogen (secondary N) is 2. The highest BCUT2D eigenvalue weighted by atomic mass is 32.2. The topological polar surface area (TPSA) is 37.0 Å². The Morgan fingerprint density at radius 2 is 1.08 bits per heavy atom. The second kappa shape index (κ2) is 9.55. The van der Waals surface area contributed by atoms with Gasteiger partial charge in [0.25, 0.3) is 0 Å². The smallest absolute Gasteiger partial charge is 0.0598 e. The first kappa shape index (κ1) is 18.7. The molecule has 0 atom stereocenters. The largest absolute Gasteiger partial charge is 0.379 e. The van der Waals surface area contributed by atoms with Crippen LogP contribution in [0.1, 0.15) is 11.4 Å². The van der Waals surface area contributed by atoms with Gasteiger partial charge in [-0.15, -0.1) is 23.5 Å². The van der Waals surface area contributed by atoms with Crippen LogP contribution in [0.3, 0.4) is 0 Å². The van der Waals surface area contributed by atoms with Crippen molar-refractivity contribution < 1.29 is 0 Å². The summed E-state index contributed by atoms with van der Waals surface area (Å²) in [6.07, 6.45) is 4.17. The molecule has 3 rings (SSSR count). The van der Waals surface area contributed by atoms with Gasteiger partial charge in [0.2, 0.25) is 0 Å². The first-order chi connectivity index (χ1) is 12.8. The van der Waals surface area contributed by atoms with Crippen LogP contribution in [-0.2, 0) is 13.1 Å². The van der Waals surface area contributed by atoms with Crippen molar-refractivity contribution in [1.29, 1.82) is 0 Å². The van der Waals surface area contributed by atoms with E-state index in [-0.39, 0.29) is 0 Å². The van der Waals surface area contributed by atoms with Crippen LogP contribution < -0.4 is 10.6 Å². The summed E-state index contributed by atoms with van der Waals surface area (Å²) >= 11 is 3.50. The van der Waals surface area contributed by atoms with E-state index in [4.69, 9.17) is 4.98 Å². The van der Waals surface area contributed by atoms with Gasteiger partial charge in [0, 0.05) is 21.2 Å². The minimum atomic E-state index is 0.717. The quantitative estimate of drug-likeness (QED) is 0.486. The lowest BCUT2D eigenvalue weighted by molar-refractivity contribution is 0.966. The Balaban J connectivity index is 1.55. The number of rotatable bonds is 8. The van der Waals surface area contributed by atoms with E-state index in [2.05, 4.69) is 89.9 Å². The summed E-state index contributed by atoms with van der Waals surface area (Å²) in [6, 6.07) is 23.1. The molecule has 2 N–H and O–H groups in total. The van der Waals surface area contributed by atoms with Crippen LogP contribution >= 0.6 is 23.5 Å². The average Bonchev–Trinajstić information content (AvgIpc) is 2.72. The van der Waals surface area contributed by atoms with Crippen molar-refractivity contribution in [3.05, 3.63) is 78.1 Å². The van der Waals surface area contributed by atoms with Crippen LogP contribution in [-0.4, -0.2) is 17.5 Å². The molecule has 0 aliphatic rings. The molecule has 0 amide bonds. The van der Waals surface area contributed by atoms with Crippen molar-refractivity contribution in [1.82, 2.24) is 4.98 Å². The highest BCUT2D eigenvalue weighted by molar-refractivity contribution is 7.98. The molecule has 0 unspecified atom stereocenters. The summed E-state index contributed by atoms with van der Waals surface area (Å²) < 4.78 is 0. The van der Waals surface area contributed by atoms with Gasteiger partial charge in [-0.25, -0.2) is 0 Å². The molecule has 0 saturated carbocycles. The van der Waals surface area contributed by atoms with E-state index < -0.39 is 0 Å². The highest BCUT2D eigenvalue weighted by Crippen LogP contribution is 2.19. The van der Waals surface area contributed by atoms with Gasteiger partial charge in [0.15, 0.2) is 0 Å². The number of nitrogens with zero attached hydrogens (tertiary/aromatic N) is 1. The summed E-state index contributed by atoms with van der Waals surface area (Å²) in [4.78, 5) is 7.28. The molecule has 0 fully saturated rings. The van der Waals surface area contributed by atoms with Gasteiger partial charge in [-0.1, -0.05) is 6.07 Å². The molecule has 134 valence electrons. The van der Waals surface area contributed by atoms with Gasteiger partial charge >= 0.3 is 0 Å². The van der Waals surface area contributed by atoms with Gasteiger partial charge in [0.05, 0.1) is 24.5 Å². The Hall–Kier alpha value is -2.11. The summed E-state index contributed by atoms with van der Waals surface area (Å²) in [5.74, 6) is 0. The molecular formula is C21H23N3S2. The first-order valence-corrected chi connectivity index (χ1v) is 10.9. The van der Waals surface area contributed by atoms with E-state index in [0.29, 0.717) is 0 Å². The summed E-state index contributed by atoms with van der Waals surface area (Å²) in [6.45, 7) is 1.43. The van der Waals surface area contributed by atoms with Gasteiger partial charge in [-0.2, -0.15) is 0 Å². The molecule has 1 aromatic heterocycles. The predicted octanol–water partition coefficient (Wildman–Crippen LogP) is 5.75. The van der Waals surface area contributed by atoms with E-state index >= 15 is 0 Å². The zero-order chi connectivity index (χ0) is 18.2. The van der Waals surface area contributed by atoms with Crippen LogP contribution in [0.15, 0.2) is 76.5 Å². The zero-order valence-electron chi connectivity index (χ0n) is 15.0. The normalized spacial score (nSPS) is 10.5. The van der Waals surface area contributed by atoms with Crippen LogP contribution in [0.2, 0.25) is 0 Å². The van der Waals surface area contributed by atoms with Crippen LogP contribution in [0.4, 0.5) is 11.4 Å². The van der Waals surface area contributed by atoms with Crippen LogP contribution in [0.5, 0.6) is 0 Å². The fraction of sp³-hybridized carbons (Fsp3) is 0.190. The molecule has 1 heterocycles. The summed E-state index contributed by atoms with van der Waals surface area (Å²) in [5, 5.41) is 6.86. The average molecular weight is 382 g/mol. The van der Waals surface area contributed by atoms with Crippen molar-refractivity contribution in [3.63, 3.8) is 0 Å². The molecule has 0 saturated heterocycles. The molecule has 5 heteroatoms. The first-order valence-electron chi connectivity index (χ1n) is 8.47. The molecule has 26 heavy (non-hydrogen) atoms. The lowest BCUT2D eigenvalue weighted by Crippen LogP contribution is -2.06. The maximum absolute atomic E-state index is 4.74. The van der Waals surface area contributed by atoms with Crippen molar-refractivity contribution in [2.24, 2.45) is 0 Å². The maximum atomic E-state index is 4.74. The monoisotopic (exact) mass is 381 g/mol. The minimum Gasteiger partial charge on any atom is -0.379 e. The molecule has 0 radical (unpaired) electrons. The number of thioether (sulfide) groups is 2. The highest BCUT2D eigenvalue weighted by Gasteiger charge is 2.00. The standard InChI is InChI=1S/C21H23N3S2/c1-25-20-10-6-16(7-11-20)22-14-18-4-3-5-19(24-18)15-23-17-8-12-21(26-2)13-9-17/h3-13,22-23H,14-15H2,1-2H3. The van der Waals surface area contributed by atoms with Gasteiger partial charge in [-0.3, -0.25) is 4.98 Å². The molecule has 0 aliphatic heterocycles. The minimum absolute atomic E-state index is 0.717. The van der Waals surface area contributed by atoms with Gasteiger partial charge in [0.1, 0.15) is 0 Å². The molecule has 0 bridgehead atoms. The molecule has 0 spiro atoms. The Kier molecular flexibility index (Phi) is 6.86. The lowest BCUT2D eigenvalue weighted by atomic mass is 10.2. The van der Waals surface area contributed by atoms with E-state index in [0.717, 1.165) is 35.9 Å². The summed E-state index contributed by atoms with van der Waals surface area (Å²) in [7, 11) is 0. The second-order valence-corrected chi connectivity index (χ2v) is 7.54. The molecule has 3 aromatic rings. The van der Waals surface area contributed by atoms with E-state index in [1.165, 1.54) is 9.79 Å². The number of benzene rings is 2. The fourth-order valence-corrected chi connectivity index (χ4v) is 3.35. The van der Waals surface area contributed by atoms with Crippen LogP contribution in [0.25, 0.3) is 0 Å². The van der Waals surface area contributed by atoms with Crippen molar-refractivity contribution >= 4 is 34.9 Å². The van der Waals surface area contributed by atoms with Gasteiger partial charge in [-0.05, 0) is 73.2 Å². The molecule has 2 aromatic carbocycles. The number of aromatic nitrogens is 1. The van der Waals surface area contributed by atoms with E-state index in [9.17, 15) is 0 Å². The molecule has 3 nitrogen and oxygen atoms in total. The number of hydrogen-bond donors (Lipinski definition) is 2. The summed E-state index contributed by atoms with van der Waals surface area (Å²) in [5.41, 5.74) is 4.30. The van der Waals surface area contributed by atoms with Crippen molar-refractivity contribution in [2.45, 2.75) is 22.9 Å². The second-order valence-electron chi connectivity index (χ2n) is 5.78. The third-order valence-electron chi connectivity index (χ3n) is 3.99. The molecule has 0 aliphatic carbocycles. The third kappa shape index (κ3) is 5.44. The SMILES string of the molecule is CSc1ccc(NCc2cccc(CNc3ccc(SC)cc3)n2)cc1. The maximum Gasteiger partial charge on any atom is 0.0598 e. The predicted molar refractivity (Wildman–Crippen MR) is 115 cm³/mol. The Morgan fingerprint density at radius 1 is 0.654 bits per heavy atom. The number of anilines is 2. The van der Waals surface area contributed by atoms with Crippen molar-refractivity contribution in [2.75, 3.05) is 23.1 Å². The Labute approximate surface area is 164 Å². The number of hydrogen-bond acceptors (Lipinski definition) is 5. The Morgan fingerprint density at radius 3 is 1.46 bits per heavy atom. The van der Waals surface area contributed by atoms with E-state index in [1.54, 1.807) is 23.5 Å². The zero-order valence-corrected chi connectivity index (χ0v) is 16.7. The van der Waals surface area contributed by atoms with Crippen LogP contribution in [0, 0.1) is 0 Å². The van der Waals surface area contributed by atoms with Gasteiger partial charge < -0.3 is 10.6 Å². The number of pyridine rings is 1. The molecular weight excluding hydrogens is 358 g/mol. The third-order valence-corrected chi connectivity index (χ3v) is 5.48. The lowest BCUT2D eigenvalue weighted by Gasteiger charge is -2.10. The Bertz CT molecular complexity index is 751. The van der Waals surface area contributed by atoms with Crippen molar-refractivity contribution in [3.8, 4) is 0 Å².